The average molecular weight is 452 g/mol. The summed E-state index contributed by atoms with van der Waals surface area (Å²) in [5.74, 6) is 1.12. The predicted molar refractivity (Wildman–Crippen MR) is 127 cm³/mol. The van der Waals surface area contributed by atoms with Crippen LogP contribution in [0, 0.1) is 9.87 Å². The van der Waals surface area contributed by atoms with E-state index in [1.165, 1.54) is 39.7 Å². The number of rotatable bonds is 4. The molecule has 1 atom stereocenters. The summed E-state index contributed by atoms with van der Waals surface area (Å²) >= 11 is 8.40. The molecule has 2 aromatic heterocycles. The molecule has 1 aliphatic carbocycles. The number of fused-ring (bicyclic) bond motifs is 3. The van der Waals surface area contributed by atoms with Gasteiger partial charge in [0.1, 0.15) is 0 Å². The molecule has 0 saturated heterocycles. The molecule has 1 aliphatic rings. The second-order valence-corrected chi connectivity index (χ2v) is 10.5. The summed E-state index contributed by atoms with van der Waals surface area (Å²) in [6.45, 7) is 2.30. The Labute approximate surface area is 188 Å². The second-order valence-electron chi connectivity index (χ2n) is 7.69. The van der Waals surface area contributed by atoms with Crippen molar-refractivity contribution in [2.24, 2.45) is 5.92 Å². The zero-order valence-electron chi connectivity index (χ0n) is 16.6. The van der Waals surface area contributed by atoms with E-state index >= 15 is 0 Å². The van der Waals surface area contributed by atoms with Crippen LogP contribution in [0.3, 0.4) is 0 Å². The van der Waals surface area contributed by atoms with Gasteiger partial charge < -0.3 is 0 Å². The molecular formula is C23H21N3OS3. The van der Waals surface area contributed by atoms with Crippen LogP contribution in [0.5, 0.6) is 0 Å². The van der Waals surface area contributed by atoms with Crippen molar-refractivity contribution in [1.29, 1.82) is 0 Å². The van der Waals surface area contributed by atoms with Crippen molar-refractivity contribution in [2.45, 2.75) is 30.5 Å². The third kappa shape index (κ3) is 3.55. The summed E-state index contributed by atoms with van der Waals surface area (Å²) in [7, 11) is 0. The molecular weight excluding hydrogens is 430 g/mol. The highest BCUT2D eigenvalue weighted by molar-refractivity contribution is 8.01. The van der Waals surface area contributed by atoms with Gasteiger partial charge in [0.15, 0.2) is 8.29 Å². The fourth-order valence-electron chi connectivity index (χ4n) is 4.21. The van der Waals surface area contributed by atoms with Gasteiger partial charge in [-0.25, -0.2) is 4.68 Å². The zero-order valence-corrected chi connectivity index (χ0v) is 19.0. The topological polar surface area (TPSA) is 39.8 Å². The largest absolute Gasteiger partial charge is 0.283 e. The van der Waals surface area contributed by atoms with E-state index in [2.05, 4.69) is 30.2 Å². The number of benzene rings is 2. The Morgan fingerprint density at radius 2 is 1.97 bits per heavy atom. The maximum absolute atomic E-state index is 13.3. The summed E-state index contributed by atoms with van der Waals surface area (Å²) in [6.07, 6.45) is 3.14. The third-order valence-corrected chi connectivity index (χ3v) is 7.96. The molecule has 0 aliphatic heterocycles. The van der Waals surface area contributed by atoms with Crippen LogP contribution in [-0.2, 0) is 12.8 Å². The third-order valence-electron chi connectivity index (χ3n) is 5.61. The van der Waals surface area contributed by atoms with Crippen molar-refractivity contribution in [3.05, 3.63) is 69.8 Å². The molecule has 4 nitrogen and oxygen atoms in total. The first-order valence-electron chi connectivity index (χ1n) is 10.0. The highest BCUT2D eigenvalue weighted by atomic mass is 32.2. The minimum Gasteiger partial charge on any atom is -0.283 e. The molecule has 0 unspecified atom stereocenters. The van der Waals surface area contributed by atoms with E-state index in [0.29, 0.717) is 15.6 Å². The highest BCUT2D eigenvalue weighted by Crippen LogP contribution is 2.35. The van der Waals surface area contributed by atoms with Gasteiger partial charge in [0, 0.05) is 11.1 Å². The first-order valence-corrected chi connectivity index (χ1v) is 12.3. The zero-order chi connectivity index (χ0) is 20.7. The van der Waals surface area contributed by atoms with Gasteiger partial charge in [-0.1, -0.05) is 66.4 Å². The number of carbonyl (C=O) groups is 1. The molecule has 0 radical (unpaired) electrons. The van der Waals surface area contributed by atoms with Crippen LogP contribution in [0.4, 0.5) is 0 Å². The van der Waals surface area contributed by atoms with Crippen molar-refractivity contribution >= 4 is 52.1 Å². The number of hydrogen-bond acceptors (Lipinski definition) is 5. The molecule has 2 aromatic carbocycles. The quantitative estimate of drug-likeness (QED) is 0.275. The smallest absolute Gasteiger partial charge is 0.241 e. The van der Waals surface area contributed by atoms with Crippen LogP contribution in [0.15, 0.2) is 58.9 Å². The number of para-hydroxylation sites is 2. The summed E-state index contributed by atoms with van der Waals surface area (Å²) in [4.78, 5) is 13.3. The van der Waals surface area contributed by atoms with Gasteiger partial charge in [0.05, 0.1) is 17.0 Å². The minimum atomic E-state index is 0.111. The molecule has 0 bridgehead atoms. The van der Waals surface area contributed by atoms with E-state index in [0.717, 1.165) is 34.8 Å². The first kappa shape index (κ1) is 19.7. The molecule has 7 heteroatoms. The Morgan fingerprint density at radius 3 is 2.80 bits per heavy atom. The summed E-state index contributed by atoms with van der Waals surface area (Å²) < 4.78 is 5.23. The van der Waals surface area contributed by atoms with Gasteiger partial charge in [-0.3, -0.25) is 9.36 Å². The lowest BCUT2D eigenvalue weighted by molar-refractivity contribution is 0.0943. The molecule has 0 spiro atoms. The van der Waals surface area contributed by atoms with Crippen molar-refractivity contribution in [2.75, 3.05) is 5.75 Å². The Kier molecular flexibility index (Phi) is 5.35. The van der Waals surface area contributed by atoms with E-state index < -0.39 is 0 Å². The molecule has 0 saturated carbocycles. The lowest BCUT2D eigenvalue weighted by Gasteiger charge is -2.20. The summed E-state index contributed by atoms with van der Waals surface area (Å²) in [6, 6.07) is 18.2. The van der Waals surface area contributed by atoms with Crippen molar-refractivity contribution < 1.29 is 4.79 Å². The van der Waals surface area contributed by atoms with Crippen molar-refractivity contribution in [1.82, 2.24) is 14.3 Å². The first-order chi connectivity index (χ1) is 14.6. The highest BCUT2D eigenvalue weighted by Gasteiger charge is 2.26. The number of nitrogens with zero attached hydrogens (tertiary/aromatic N) is 3. The fourth-order valence-corrected chi connectivity index (χ4v) is 6.42. The molecule has 4 aromatic rings. The van der Waals surface area contributed by atoms with Gasteiger partial charge in [0.25, 0.3) is 0 Å². The summed E-state index contributed by atoms with van der Waals surface area (Å²) in [5, 5.41) is 5.85. The number of thioether (sulfide) groups is 1. The van der Waals surface area contributed by atoms with Gasteiger partial charge in [-0.05, 0) is 61.2 Å². The van der Waals surface area contributed by atoms with Crippen LogP contribution in [0.1, 0.15) is 29.4 Å². The monoisotopic (exact) mass is 451 g/mol. The fraction of sp³-hybridized carbons (Fsp3) is 0.261. The number of hydrogen-bond donors (Lipinski definition) is 0. The van der Waals surface area contributed by atoms with Gasteiger partial charge in [-0.15, -0.1) is 5.10 Å². The number of carbonyl (C=O) groups excluding carboxylic acids is 1. The van der Waals surface area contributed by atoms with E-state index in [1.54, 1.807) is 4.68 Å². The van der Waals surface area contributed by atoms with E-state index in [-0.39, 0.29) is 5.91 Å². The van der Waals surface area contributed by atoms with Gasteiger partial charge >= 0.3 is 0 Å². The molecule has 0 fully saturated rings. The van der Waals surface area contributed by atoms with Crippen LogP contribution >= 0.6 is 35.3 Å². The average Bonchev–Trinajstić information content (AvgIpc) is 3.30. The predicted octanol–water partition coefficient (Wildman–Crippen LogP) is 6.18. The maximum Gasteiger partial charge on any atom is 0.241 e. The van der Waals surface area contributed by atoms with Crippen molar-refractivity contribution in [3.8, 4) is 5.69 Å². The molecule has 5 rings (SSSR count). The van der Waals surface area contributed by atoms with E-state index in [4.69, 9.17) is 12.2 Å². The van der Waals surface area contributed by atoms with Crippen LogP contribution in [0.25, 0.3) is 16.6 Å². The molecule has 2 heterocycles. The lowest BCUT2D eigenvalue weighted by Crippen LogP contribution is -2.20. The van der Waals surface area contributed by atoms with E-state index in [9.17, 15) is 4.79 Å². The van der Waals surface area contributed by atoms with Gasteiger partial charge in [-0.2, -0.15) is 0 Å². The van der Waals surface area contributed by atoms with Crippen molar-refractivity contribution in [3.63, 3.8) is 0 Å². The number of aromatic nitrogens is 3. The van der Waals surface area contributed by atoms with E-state index in [1.807, 2.05) is 41.0 Å². The maximum atomic E-state index is 13.3. The normalized spacial score (nSPS) is 16.0. The van der Waals surface area contributed by atoms with Gasteiger partial charge in [0.2, 0.25) is 5.91 Å². The Balaban J connectivity index is 1.42. The molecule has 30 heavy (non-hydrogen) atoms. The Bertz CT molecular complexity index is 1290. The summed E-state index contributed by atoms with van der Waals surface area (Å²) in [5.41, 5.74) is 4.52. The lowest BCUT2D eigenvalue weighted by atomic mass is 9.88. The Hall–Kier alpha value is -2.22. The van der Waals surface area contributed by atoms with Crippen LogP contribution in [-0.4, -0.2) is 26.0 Å². The SMILES string of the molecule is C[C@H]1CCc2c(c3ccccc3n2C(=O)CSc2nn(-c3ccccc3)c(=S)s2)C1. The van der Waals surface area contributed by atoms with Crippen LogP contribution < -0.4 is 0 Å². The standard InChI is InChI=1S/C23H21N3OS3/c1-15-11-12-20-18(13-15)17-9-5-6-10-19(17)25(20)21(27)14-29-22-24-26(23(28)30-22)16-7-3-2-4-8-16/h2-10,15H,11-14H2,1H3/t15-/m0/s1. The Morgan fingerprint density at radius 1 is 1.20 bits per heavy atom. The molecule has 0 amide bonds. The molecule has 0 N–H and O–H groups in total. The molecule has 152 valence electrons. The second kappa shape index (κ2) is 8.13. The minimum absolute atomic E-state index is 0.111. The van der Waals surface area contributed by atoms with Crippen LogP contribution in [0.2, 0.25) is 0 Å².